The normalized spacial score (nSPS) is 15.0. The Morgan fingerprint density at radius 2 is 2.03 bits per heavy atom. The van der Waals surface area contributed by atoms with E-state index in [2.05, 4.69) is 35.2 Å². The van der Waals surface area contributed by atoms with Crippen LogP contribution < -0.4 is 10.5 Å². The molecule has 0 spiro atoms. The number of aromatic nitrogens is 3. The molecular weight excluding hydrogens is 553 g/mol. The number of hydrogen-bond acceptors (Lipinski definition) is 5. The second-order valence-electron chi connectivity index (χ2n) is 7.60. The van der Waals surface area contributed by atoms with Gasteiger partial charge in [-0.3, -0.25) is 4.72 Å². The number of nitrogens with one attached hydrogen (secondary N) is 1. The number of rotatable bonds is 5. The Morgan fingerprint density at radius 3 is 2.70 bits per heavy atom. The van der Waals surface area contributed by atoms with Gasteiger partial charge in [-0.2, -0.15) is 0 Å². The topological polar surface area (TPSA) is 117 Å². The zero-order valence-corrected chi connectivity index (χ0v) is 21.1. The Balaban J connectivity index is 0.00000259. The highest BCUT2D eigenvalue weighted by molar-refractivity contribution is 9.10. The molecule has 33 heavy (non-hydrogen) atoms. The number of anilines is 2. The van der Waals surface area contributed by atoms with Crippen molar-refractivity contribution in [3.63, 3.8) is 0 Å². The summed E-state index contributed by atoms with van der Waals surface area (Å²) in [4.78, 5) is 8.62. The lowest BCUT2D eigenvalue weighted by Crippen LogP contribution is -2.05. The molecule has 1 atom stereocenters. The summed E-state index contributed by atoms with van der Waals surface area (Å²) in [5.41, 5.74) is 8.53. The van der Waals surface area contributed by atoms with Crippen LogP contribution in [0, 0.1) is 5.82 Å². The lowest BCUT2D eigenvalue weighted by atomic mass is 10.1. The maximum atomic E-state index is 15.0. The van der Waals surface area contributed by atoms with Gasteiger partial charge in [0.15, 0.2) is 11.0 Å². The van der Waals surface area contributed by atoms with Crippen LogP contribution in [-0.2, 0) is 11.0 Å². The Morgan fingerprint density at radius 1 is 1.27 bits per heavy atom. The molecule has 5 rings (SSSR count). The van der Waals surface area contributed by atoms with E-state index >= 15 is 4.39 Å². The molecule has 0 saturated heterocycles. The summed E-state index contributed by atoms with van der Waals surface area (Å²) in [6, 6.07) is 6.78. The van der Waals surface area contributed by atoms with Crippen LogP contribution in [0.15, 0.2) is 45.5 Å². The third-order valence-electron chi connectivity index (χ3n) is 5.63. The number of halogens is 3. The SMILES string of the molecule is Nc1ncnc2c1c(-c1ccc(NS(=O)c3sc(Cl)cc3Br)c(F)c1)cn2C1CCCC1.O. The van der Waals surface area contributed by atoms with Crippen LogP contribution in [0.5, 0.6) is 0 Å². The standard InChI is InChI=1S/C21H18BrClFN5OS2.H2O/c22-14-8-17(23)31-21(14)32(30)28-16-6-5-11(7-15(16)24)13-9-29(12-3-1-2-4-12)20-18(13)19(25)26-10-27-20;/h5-10,12,28H,1-4H2,(H2,25,26,27);1H2. The van der Waals surface area contributed by atoms with Crippen LogP contribution >= 0.6 is 38.9 Å². The number of nitrogen functional groups attached to an aromatic ring is 1. The summed E-state index contributed by atoms with van der Waals surface area (Å²) in [6.07, 6.45) is 7.98. The van der Waals surface area contributed by atoms with E-state index in [1.54, 1.807) is 18.2 Å². The first kappa shape index (κ1) is 24.1. The fourth-order valence-electron chi connectivity index (χ4n) is 4.15. The van der Waals surface area contributed by atoms with E-state index in [0.29, 0.717) is 30.4 Å². The zero-order valence-electron chi connectivity index (χ0n) is 17.1. The van der Waals surface area contributed by atoms with Crippen molar-refractivity contribution in [1.29, 1.82) is 0 Å². The summed E-state index contributed by atoms with van der Waals surface area (Å²) in [6.45, 7) is 0. The summed E-state index contributed by atoms with van der Waals surface area (Å²) < 4.78 is 34.1. The molecular formula is C21H20BrClFN5O2S2. The Bertz CT molecular complexity index is 1360. The number of nitrogens with zero attached hydrogens (tertiary/aromatic N) is 3. The number of fused-ring (bicyclic) bond motifs is 1. The minimum Gasteiger partial charge on any atom is -0.412 e. The highest BCUT2D eigenvalue weighted by atomic mass is 79.9. The monoisotopic (exact) mass is 571 g/mol. The molecule has 1 aromatic carbocycles. The van der Waals surface area contributed by atoms with Gasteiger partial charge in [-0.1, -0.05) is 30.5 Å². The van der Waals surface area contributed by atoms with E-state index in [0.717, 1.165) is 29.4 Å². The summed E-state index contributed by atoms with van der Waals surface area (Å²) in [7, 11) is -1.66. The van der Waals surface area contributed by atoms with E-state index in [1.165, 1.54) is 36.6 Å². The van der Waals surface area contributed by atoms with Gasteiger partial charge in [0.05, 0.1) is 15.4 Å². The van der Waals surface area contributed by atoms with Gasteiger partial charge < -0.3 is 15.8 Å². The van der Waals surface area contributed by atoms with Crippen LogP contribution in [0.4, 0.5) is 15.9 Å². The fourth-order valence-corrected chi connectivity index (χ4v) is 7.73. The van der Waals surface area contributed by atoms with Crippen LogP contribution in [0.25, 0.3) is 22.2 Å². The van der Waals surface area contributed by atoms with Crippen molar-refractivity contribution in [2.24, 2.45) is 0 Å². The second kappa shape index (κ2) is 9.67. The van der Waals surface area contributed by atoms with E-state index in [4.69, 9.17) is 17.3 Å². The van der Waals surface area contributed by atoms with E-state index in [-0.39, 0.29) is 11.2 Å². The van der Waals surface area contributed by atoms with E-state index in [9.17, 15) is 4.21 Å². The maximum Gasteiger partial charge on any atom is 0.161 e. The summed E-state index contributed by atoms with van der Waals surface area (Å²) in [5.74, 6) is -0.156. The first-order valence-corrected chi connectivity index (χ1v) is 13.1. The minimum atomic E-state index is -1.66. The van der Waals surface area contributed by atoms with Gasteiger partial charge in [0, 0.05) is 22.3 Å². The molecule has 7 nitrogen and oxygen atoms in total. The predicted octanol–water partition coefficient (Wildman–Crippen LogP) is 5.72. The molecule has 1 fully saturated rings. The summed E-state index contributed by atoms with van der Waals surface area (Å²) >= 11 is 10.5. The first-order chi connectivity index (χ1) is 15.4. The molecule has 0 bridgehead atoms. The fraction of sp³-hybridized carbons (Fsp3) is 0.238. The smallest absolute Gasteiger partial charge is 0.161 e. The van der Waals surface area contributed by atoms with Gasteiger partial charge in [0.25, 0.3) is 0 Å². The number of thiophene rings is 1. The second-order valence-corrected chi connectivity index (χ2v) is 11.5. The molecule has 4 aromatic rings. The average Bonchev–Trinajstić information content (AvgIpc) is 3.48. The van der Waals surface area contributed by atoms with Gasteiger partial charge in [0.1, 0.15) is 27.8 Å². The predicted molar refractivity (Wildman–Crippen MR) is 136 cm³/mol. The summed E-state index contributed by atoms with van der Waals surface area (Å²) in [5, 5.41) is 0.722. The molecule has 1 aliphatic carbocycles. The van der Waals surface area contributed by atoms with Gasteiger partial charge in [-0.15, -0.1) is 11.3 Å². The van der Waals surface area contributed by atoms with Gasteiger partial charge in [-0.05, 0) is 52.5 Å². The van der Waals surface area contributed by atoms with Crippen LogP contribution in [-0.4, -0.2) is 24.2 Å². The Labute approximate surface area is 209 Å². The molecule has 3 aromatic heterocycles. The molecule has 3 heterocycles. The molecule has 12 heteroatoms. The maximum absolute atomic E-state index is 15.0. The Kier molecular flexibility index (Phi) is 7.06. The van der Waals surface area contributed by atoms with Crippen LogP contribution in [0.2, 0.25) is 4.34 Å². The van der Waals surface area contributed by atoms with Gasteiger partial charge in [0.2, 0.25) is 0 Å². The highest BCUT2D eigenvalue weighted by Gasteiger charge is 2.23. The minimum absolute atomic E-state index is 0. The molecule has 0 radical (unpaired) electrons. The first-order valence-electron chi connectivity index (χ1n) is 9.96. The van der Waals surface area contributed by atoms with Crippen LogP contribution in [0.3, 0.4) is 0 Å². The number of benzene rings is 1. The molecule has 1 saturated carbocycles. The zero-order chi connectivity index (χ0) is 22.4. The van der Waals surface area contributed by atoms with E-state index in [1.807, 2.05) is 6.20 Å². The van der Waals surface area contributed by atoms with E-state index < -0.39 is 16.8 Å². The van der Waals surface area contributed by atoms with Crippen molar-refractivity contribution in [3.05, 3.63) is 51.4 Å². The molecule has 0 aliphatic heterocycles. The molecule has 1 unspecified atom stereocenters. The van der Waals surface area contributed by atoms with Crippen molar-refractivity contribution < 1.29 is 14.1 Å². The van der Waals surface area contributed by atoms with Crippen molar-refractivity contribution in [3.8, 4) is 11.1 Å². The Hall–Kier alpha value is -2.05. The lowest BCUT2D eigenvalue weighted by molar-refractivity contribution is 0.532. The van der Waals surface area contributed by atoms with Crippen molar-refractivity contribution in [2.75, 3.05) is 10.5 Å². The quantitative estimate of drug-likeness (QED) is 0.318. The lowest BCUT2D eigenvalue weighted by Gasteiger charge is -2.12. The van der Waals surface area contributed by atoms with Crippen LogP contribution in [0.1, 0.15) is 31.7 Å². The molecule has 1 aliphatic rings. The molecule has 174 valence electrons. The van der Waals surface area contributed by atoms with Crippen molar-refractivity contribution in [2.45, 2.75) is 35.9 Å². The molecule has 0 amide bonds. The van der Waals surface area contributed by atoms with Crippen molar-refractivity contribution >= 4 is 72.4 Å². The largest absolute Gasteiger partial charge is 0.412 e. The highest BCUT2D eigenvalue weighted by Crippen LogP contribution is 2.39. The third-order valence-corrected chi connectivity index (χ3v) is 9.51. The molecule has 5 N–H and O–H groups in total. The van der Waals surface area contributed by atoms with Gasteiger partial charge in [-0.25, -0.2) is 18.6 Å². The third kappa shape index (κ3) is 4.52. The number of hydrogen-bond donors (Lipinski definition) is 2. The average molecular weight is 573 g/mol. The number of nitrogens with two attached hydrogens (primary N) is 1. The van der Waals surface area contributed by atoms with Gasteiger partial charge >= 0.3 is 0 Å². The van der Waals surface area contributed by atoms with Crippen molar-refractivity contribution in [1.82, 2.24) is 14.5 Å².